The number of nitrogens with zero attached hydrogens (tertiary/aromatic N) is 2. The highest BCUT2D eigenvalue weighted by Gasteiger charge is 2.21. The summed E-state index contributed by atoms with van der Waals surface area (Å²) in [5.74, 6) is -0.333. The van der Waals surface area contributed by atoms with Crippen molar-refractivity contribution >= 4 is 23.0 Å². The largest absolute Gasteiger partial charge is 0.399 e. The molecule has 0 saturated carbocycles. The first-order valence-electron chi connectivity index (χ1n) is 8.25. The molecule has 0 aromatic heterocycles. The monoisotopic (exact) mass is 331 g/mol. The molecule has 0 unspecified atom stereocenters. The molecule has 1 aliphatic rings. The summed E-state index contributed by atoms with van der Waals surface area (Å²) in [7, 11) is 0. The standard InChI is InChI=1S/C12H17ClFN3.C3H8.C2H6/c1-2-16-3-5-17(6-4-16)12-10(13)7-9(15)8-11(12)14;1-3-2;1-2/h7-8H,2-6,15H2,1H3;3H2,1-2H3;1-2H3. The maximum absolute atomic E-state index is 13.9. The molecular weight excluding hydrogens is 301 g/mol. The van der Waals surface area contributed by atoms with Gasteiger partial charge >= 0.3 is 0 Å². The molecule has 1 aromatic rings. The number of rotatable bonds is 2. The Kier molecular flexibility index (Phi) is 11.0. The van der Waals surface area contributed by atoms with E-state index < -0.39 is 0 Å². The van der Waals surface area contributed by atoms with Gasteiger partial charge in [-0.25, -0.2) is 4.39 Å². The van der Waals surface area contributed by atoms with Crippen LogP contribution in [-0.4, -0.2) is 37.6 Å². The van der Waals surface area contributed by atoms with Gasteiger partial charge < -0.3 is 15.5 Å². The third kappa shape index (κ3) is 6.41. The molecular formula is C17H31ClFN3. The van der Waals surface area contributed by atoms with E-state index in [1.165, 1.54) is 12.5 Å². The predicted octanol–water partition coefficient (Wildman–Crippen LogP) is 4.65. The highest BCUT2D eigenvalue weighted by atomic mass is 35.5. The van der Waals surface area contributed by atoms with E-state index in [2.05, 4.69) is 25.7 Å². The lowest BCUT2D eigenvalue weighted by atomic mass is 10.2. The Hall–Kier alpha value is -1.00. The molecule has 3 nitrogen and oxygen atoms in total. The fourth-order valence-electron chi connectivity index (χ4n) is 2.17. The Morgan fingerprint density at radius 3 is 2.00 bits per heavy atom. The zero-order valence-corrected chi connectivity index (χ0v) is 15.4. The number of nitrogen functional groups attached to an aromatic ring is 1. The highest BCUT2D eigenvalue weighted by Crippen LogP contribution is 2.31. The summed E-state index contributed by atoms with van der Waals surface area (Å²) in [5.41, 5.74) is 6.40. The lowest BCUT2D eigenvalue weighted by molar-refractivity contribution is 0.270. The van der Waals surface area contributed by atoms with E-state index in [0.29, 0.717) is 16.4 Å². The maximum Gasteiger partial charge on any atom is 0.150 e. The van der Waals surface area contributed by atoms with E-state index in [1.807, 2.05) is 18.7 Å². The average Bonchev–Trinajstić information content (AvgIpc) is 2.50. The Bertz CT molecular complexity index is 395. The van der Waals surface area contributed by atoms with Crippen LogP contribution in [0.1, 0.15) is 41.0 Å². The first-order chi connectivity index (χ1) is 10.5. The van der Waals surface area contributed by atoms with Crippen LogP contribution in [-0.2, 0) is 0 Å². The second-order valence-corrected chi connectivity index (χ2v) is 5.37. The number of nitrogens with two attached hydrogens (primary N) is 1. The molecule has 2 N–H and O–H groups in total. The SMILES string of the molecule is CC.CCC.CCN1CCN(c2c(F)cc(N)cc2Cl)CC1. The third-order valence-electron chi connectivity index (χ3n) is 3.17. The van der Waals surface area contributed by atoms with Crippen molar-refractivity contribution in [3.63, 3.8) is 0 Å². The van der Waals surface area contributed by atoms with Gasteiger partial charge in [-0.15, -0.1) is 0 Å². The van der Waals surface area contributed by atoms with E-state index in [0.717, 1.165) is 32.7 Å². The molecule has 1 saturated heterocycles. The number of piperazine rings is 1. The predicted molar refractivity (Wildman–Crippen MR) is 97.5 cm³/mol. The number of hydrogen-bond acceptors (Lipinski definition) is 3. The summed E-state index contributed by atoms with van der Waals surface area (Å²) in [6, 6.07) is 2.93. The van der Waals surface area contributed by atoms with Gasteiger partial charge in [0.05, 0.1) is 10.7 Å². The summed E-state index contributed by atoms with van der Waals surface area (Å²) in [6.07, 6.45) is 1.25. The van der Waals surface area contributed by atoms with E-state index in [-0.39, 0.29) is 5.82 Å². The first-order valence-corrected chi connectivity index (χ1v) is 8.63. The van der Waals surface area contributed by atoms with Crippen LogP contribution < -0.4 is 10.6 Å². The number of anilines is 2. The van der Waals surface area contributed by atoms with Crippen LogP contribution >= 0.6 is 11.6 Å². The van der Waals surface area contributed by atoms with E-state index in [4.69, 9.17) is 17.3 Å². The molecule has 0 amide bonds. The summed E-state index contributed by atoms with van der Waals surface area (Å²) in [5, 5.41) is 0.396. The quantitative estimate of drug-likeness (QED) is 0.801. The molecule has 0 aliphatic carbocycles. The van der Waals surface area contributed by atoms with Gasteiger partial charge in [-0.2, -0.15) is 0 Å². The van der Waals surface area contributed by atoms with E-state index >= 15 is 0 Å². The van der Waals surface area contributed by atoms with E-state index in [9.17, 15) is 4.39 Å². The number of halogens is 2. The van der Waals surface area contributed by atoms with Gasteiger partial charge in [0.15, 0.2) is 0 Å². The normalized spacial score (nSPS) is 14.6. The maximum atomic E-state index is 13.9. The van der Waals surface area contributed by atoms with Crippen LogP contribution in [0.25, 0.3) is 0 Å². The van der Waals surface area contributed by atoms with Crippen LogP contribution in [0, 0.1) is 5.82 Å². The van der Waals surface area contributed by atoms with Gasteiger partial charge in [0.2, 0.25) is 0 Å². The van der Waals surface area contributed by atoms with Crippen molar-refractivity contribution in [3.8, 4) is 0 Å². The topological polar surface area (TPSA) is 32.5 Å². The number of benzene rings is 1. The van der Waals surface area contributed by atoms with Gasteiger partial charge in [-0.1, -0.05) is 52.6 Å². The van der Waals surface area contributed by atoms with Crippen LogP contribution in [0.15, 0.2) is 12.1 Å². The fourth-order valence-corrected chi connectivity index (χ4v) is 2.51. The van der Waals surface area contributed by atoms with Gasteiger partial charge in [0.1, 0.15) is 5.82 Å². The molecule has 0 spiro atoms. The molecule has 1 aliphatic heterocycles. The van der Waals surface area contributed by atoms with Gasteiger partial charge in [-0.05, 0) is 18.7 Å². The van der Waals surface area contributed by atoms with Crippen molar-refractivity contribution in [2.75, 3.05) is 43.4 Å². The Morgan fingerprint density at radius 1 is 1.09 bits per heavy atom. The van der Waals surface area contributed by atoms with Gasteiger partial charge in [-0.3, -0.25) is 0 Å². The smallest absolute Gasteiger partial charge is 0.150 e. The van der Waals surface area contributed by atoms with Crippen molar-refractivity contribution in [3.05, 3.63) is 23.0 Å². The molecule has 1 aromatic carbocycles. The van der Waals surface area contributed by atoms with Crippen LogP contribution in [0.4, 0.5) is 15.8 Å². The molecule has 0 bridgehead atoms. The Labute approximate surface area is 140 Å². The lowest BCUT2D eigenvalue weighted by Gasteiger charge is -2.36. The van der Waals surface area contributed by atoms with Crippen molar-refractivity contribution < 1.29 is 4.39 Å². The second kappa shape index (κ2) is 11.6. The van der Waals surface area contributed by atoms with Crippen molar-refractivity contribution in [2.45, 2.75) is 41.0 Å². The lowest BCUT2D eigenvalue weighted by Crippen LogP contribution is -2.46. The molecule has 22 heavy (non-hydrogen) atoms. The Balaban J connectivity index is 0.000000789. The molecule has 0 radical (unpaired) electrons. The minimum atomic E-state index is -0.333. The highest BCUT2D eigenvalue weighted by molar-refractivity contribution is 6.33. The van der Waals surface area contributed by atoms with Crippen molar-refractivity contribution in [1.29, 1.82) is 0 Å². The van der Waals surface area contributed by atoms with Gasteiger partial charge in [0.25, 0.3) is 0 Å². The Morgan fingerprint density at radius 2 is 1.59 bits per heavy atom. The van der Waals surface area contributed by atoms with Crippen molar-refractivity contribution in [1.82, 2.24) is 4.90 Å². The van der Waals surface area contributed by atoms with Crippen molar-refractivity contribution in [2.24, 2.45) is 0 Å². The summed E-state index contributed by atoms with van der Waals surface area (Å²) in [4.78, 5) is 4.32. The molecule has 2 rings (SSSR count). The molecule has 1 fully saturated rings. The molecule has 0 atom stereocenters. The molecule has 128 valence electrons. The zero-order chi connectivity index (χ0) is 17.1. The van der Waals surface area contributed by atoms with E-state index in [1.54, 1.807) is 6.07 Å². The summed E-state index contributed by atoms with van der Waals surface area (Å²) in [6.45, 7) is 14.9. The average molecular weight is 332 g/mol. The minimum absolute atomic E-state index is 0.333. The summed E-state index contributed by atoms with van der Waals surface area (Å²) < 4.78 is 13.9. The first kappa shape index (κ1) is 21.0. The summed E-state index contributed by atoms with van der Waals surface area (Å²) >= 11 is 6.06. The number of likely N-dealkylation sites (N-methyl/N-ethyl adjacent to an activating group) is 1. The fraction of sp³-hybridized carbons (Fsp3) is 0.647. The zero-order valence-electron chi connectivity index (χ0n) is 14.6. The molecule has 5 heteroatoms. The minimum Gasteiger partial charge on any atom is -0.399 e. The van der Waals surface area contributed by atoms with Gasteiger partial charge in [0, 0.05) is 31.9 Å². The van der Waals surface area contributed by atoms with Crippen LogP contribution in [0.5, 0.6) is 0 Å². The molecule has 1 heterocycles. The second-order valence-electron chi connectivity index (χ2n) is 4.96. The number of hydrogen-bond donors (Lipinski definition) is 1. The van der Waals surface area contributed by atoms with Crippen LogP contribution in [0.2, 0.25) is 5.02 Å². The van der Waals surface area contributed by atoms with Crippen LogP contribution in [0.3, 0.4) is 0 Å². The third-order valence-corrected chi connectivity index (χ3v) is 3.46.